The van der Waals surface area contributed by atoms with Crippen LogP contribution in [0.25, 0.3) is 5.57 Å². The molecule has 4 nitrogen and oxygen atoms in total. The lowest BCUT2D eigenvalue weighted by Crippen LogP contribution is -2.44. The summed E-state index contributed by atoms with van der Waals surface area (Å²) >= 11 is 0. The molecule has 4 heteroatoms. The average Bonchev–Trinajstić information content (AvgIpc) is 2.95. The van der Waals surface area contributed by atoms with Crippen molar-refractivity contribution in [3.8, 4) is 5.75 Å². The van der Waals surface area contributed by atoms with Gasteiger partial charge in [0, 0.05) is 5.92 Å². The van der Waals surface area contributed by atoms with E-state index in [9.17, 15) is 9.90 Å². The number of ether oxygens (including phenoxy) is 2. The second-order valence-corrected chi connectivity index (χ2v) is 9.98. The van der Waals surface area contributed by atoms with E-state index in [0.717, 1.165) is 42.4 Å². The van der Waals surface area contributed by atoms with Crippen molar-refractivity contribution in [2.45, 2.75) is 57.7 Å². The number of hydrogen-bond donors (Lipinski definition) is 1. The molecule has 0 saturated heterocycles. The second-order valence-electron chi connectivity index (χ2n) is 9.98. The highest BCUT2D eigenvalue weighted by Crippen LogP contribution is 2.50. The predicted octanol–water partition coefficient (Wildman–Crippen LogP) is 7.90. The molecule has 1 aliphatic heterocycles. The van der Waals surface area contributed by atoms with E-state index in [-0.39, 0.29) is 23.7 Å². The molecule has 5 rings (SSSR count). The van der Waals surface area contributed by atoms with E-state index < -0.39 is 11.6 Å². The van der Waals surface area contributed by atoms with Crippen molar-refractivity contribution in [2.75, 3.05) is 0 Å². The summed E-state index contributed by atoms with van der Waals surface area (Å²) in [6, 6.07) is 27.6. The minimum Gasteiger partial charge on any atom is -0.511 e. The number of rotatable bonds is 7. The predicted molar refractivity (Wildman–Crippen MR) is 146 cm³/mol. The van der Waals surface area contributed by atoms with Crippen LogP contribution in [0.4, 0.5) is 0 Å². The minimum absolute atomic E-state index is 0.0920. The van der Waals surface area contributed by atoms with Crippen LogP contribution in [-0.2, 0) is 21.7 Å². The Kier molecular flexibility index (Phi) is 7.45. The van der Waals surface area contributed by atoms with Crippen LogP contribution in [0.1, 0.15) is 62.1 Å². The summed E-state index contributed by atoms with van der Waals surface area (Å²) in [6.07, 6.45) is 7.55. The Balaban J connectivity index is 1.46. The lowest BCUT2D eigenvalue weighted by molar-refractivity contribution is -0.169. The van der Waals surface area contributed by atoms with Crippen LogP contribution in [0.2, 0.25) is 0 Å². The maximum atomic E-state index is 13.7. The van der Waals surface area contributed by atoms with Crippen LogP contribution in [0.5, 0.6) is 5.75 Å². The summed E-state index contributed by atoms with van der Waals surface area (Å²) in [5.74, 6) is 0.502. The summed E-state index contributed by atoms with van der Waals surface area (Å²) in [5, 5.41) is 11.5. The number of aliphatic hydroxyl groups excluding tert-OH is 1. The van der Waals surface area contributed by atoms with E-state index in [1.165, 1.54) is 6.42 Å². The average molecular weight is 495 g/mol. The monoisotopic (exact) mass is 494 g/mol. The molecule has 0 amide bonds. The molecule has 1 fully saturated rings. The molecule has 1 N–H and O–H groups in total. The third kappa shape index (κ3) is 5.20. The largest absolute Gasteiger partial charge is 0.511 e. The summed E-state index contributed by atoms with van der Waals surface area (Å²) in [7, 11) is 0. The normalized spacial score (nSPS) is 21.0. The number of aliphatic hydroxyl groups is 1. The zero-order chi connectivity index (χ0) is 25.7. The standard InChI is InChI=1S/C33H34O4/c1-2-29(25-15-12-20-28(21-25)36-23-24-13-6-3-7-14-24)31-30(34)22-33(37-32(31)35,26-16-8-4-9-17-26)27-18-10-5-11-19-27/h2-4,6-9,12-17,20-21,27,34H,5,10-11,18-19,22-23H2,1H3/b29-2+. The fourth-order valence-corrected chi connectivity index (χ4v) is 5.84. The Bertz CT molecular complexity index is 1290. The molecular weight excluding hydrogens is 460 g/mol. The summed E-state index contributed by atoms with van der Waals surface area (Å²) in [4.78, 5) is 13.7. The number of allylic oxidation sites excluding steroid dienone is 1. The molecule has 3 aromatic rings. The zero-order valence-electron chi connectivity index (χ0n) is 21.4. The molecule has 0 spiro atoms. The Morgan fingerprint density at radius 1 is 0.973 bits per heavy atom. The van der Waals surface area contributed by atoms with E-state index in [0.29, 0.717) is 17.9 Å². The Morgan fingerprint density at radius 2 is 1.68 bits per heavy atom. The first-order valence-electron chi connectivity index (χ1n) is 13.3. The van der Waals surface area contributed by atoms with E-state index in [1.807, 2.05) is 97.9 Å². The maximum absolute atomic E-state index is 13.7. The molecule has 1 aliphatic carbocycles. The van der Waals surface area contributed by atoms with Gasteiger partial charge in [-0.15, -0.1) is 0 Å². The first-order valence-corrected chi connectivity index (χ1v) is 13.3. The van der Waals surface area contributed by atoms with Crippen LogP contribution in [-0.4, -0.2) is 11.1 Å². The van der Waals surface area contributed by atoms with Gasteiger partial charge in [-0.25, -0.2) is 4.79 Å². The van der Waals surface area contributed by atoms with Crippen molar-refractivity contribution in [2.24, 2.45) is 5.92 Å². The van der Waals surface area contributed by atoms with Gasteiger partial charge in [0.1, 0.15) is 29.3 Å². The lowest BCUT2D eigenvalue weighted by Gasteiger charge is -2.44. The van der Waals surface area contributed by atoms with Gasteiger partial charge in [-0.05, 0) is 54.2 Å². The van der Waals surface area contributed by atoms with E-state index in [1.54, 1.807) is 0 Å². The van der Waals surface area contributed by atoms with Crippen molar-refractivity contribution < 1.29 is 19.4 Å². The van der Waals surface area contributed by atoms with Crippen LogP contribution >= 0.6 is 0 Å². The Labute approximate surface area is 219 Å². The first kappa shape index (κ1) is 24.9. The number of benzene rings is 3. The highest BCUT2D eigenvalue weighted by atomic mass is 16.6. The minimum atomic E-state index is -0.841. The summed E-state index contributed by atoms with van der Waals surface area (Å²) in [5.41, 5.74) is 2.89. The Morgan fingerprint density at radius 3 is 2.35 bits per heavy atom. The molecule has 1 saturated carbocycles. The Hall–Kier alpha value is -3.79. The van der Waals surface area contributed by atoms with Gasteiger partial charge < -0.3 is 14.6 Å². The van der Waals surface area contributed by atoms with Gasteiger partial charge in [0.25, 0.3) is 0 Å². The second kappa shape index (κ2) is 11.1. The fraction of sp³-hybridized carbons (Fsp3) is 0.303. The molecule has 1 unspecified atom stereocenters. The van der Waals surface area contributed by atoms with Gasteiger partial charge in [0.05, 0.1) is 6.42 Å². The molecule has 1 atom stereocenters. The molecule has 37 heavy (non-hydrogen) atoms. The van der Waals surface area contributed by atoms with Crippen molar-refractivity contribution in [1.82, 2.24) is 0 Å². The van der Waals surface area contributed by atoms with Gasteiger partial charge in [0.2, 0.25) is 0 Å². The van der Waals surface area contributed by atoms with Gasteiger partial charge in [-0.1, -0.05) is 98.1 Å². The van der Waals surface area contributed by atoms with Crippen molar-refractivity contribution in [3.05, 3.63) is 119 Å². The number of carbonyl (C=O) groups is 1. The molecule has 190 valence electrons. The van der Waals surface area contributed by atoms with Gasteiger partial charge in [-0.3, -0.25) is 0 Å². The lowest BCUT2D eigenvalue weighted by atomic mass is 9.70. The van der Waals surface area contributed by atoms with Crippen LogP contribution in [0.3, 0.4) is 0 Å². The third-order valence-electron chi connectivity index (χ3n) is 7.68. The molecule has 2 aliphatic rings. The number of cyclic esters (lactones) is 1. The van der Waals surface area contributed by atoms with Crippen LogP contribution in [0, 0.1) is 5.92 Å². The van der Waals surface area contributed by atoms with Gasteiger partial charge in [-0.2, -0.15) is 0 Å². The van der Waals surface area contributed by atoms with Crippen LogP contribution in [0.15, 0.2) is 102 Å². The highest BCUT2D eigenvalue weighted by molar-refractivity contribution is 6.07. The molecule has 0 bridgehead atoms. The number of esters is 1. The van der Waals surface area contributed by atoms with E-state index in [2.05, 4.69) is 0 Å². The summed E-state index contributed by atoms with van der Waals surface area (Å²) < 4.78 is 12.4. The SMILES string of the molecule is C/C=C(/C1=C(O)CC(c2ccccc2)(C2CCCCC2)OC1=O)c1cccc(OCc2ccccc2)c1. The molecule has 0 aromatic heterocycles. The topological polar surface area (TPSA) is 55.8 Å². The van der Waals surface area contributed by atoms with Crippen LogP contribution < -0.4 is 4.74 Å². The van der Waals surface area contributed by atoms with Crippen molar-refractivity contribution in [1.29, 1.82) is 0 Å². The van der Waals surface area contributed by atoms with Crippen molar-refractivity contribution >= 4 is 11.5 Å². The van der Waals surface area contributed by atoms with E-state index >= 15 is 0 Å². The van der Waals surface area contributed by atoms with Crippen molar-refractivity contribution in [3.63, 3.8) is 0 Å². The highest BCUT2D eigenvalue weighted by Gasteiger charge is 2.49. The van der Waals surface area contributed by atoms with E-state index in [4.69, 9.17) is 9.47 Å². The maximum Gasteiger partial charge on any atom is 0.343 e. The molecule has 0 radical (unpaired) electrons. The first-order chi connectivity index (χ1) is 18.1. The van der Waals surface area contributed by atoms with Gasteiger partial charge in [0.15, 0.2) is 0 Å². The molecule has 3 aromatic carbocycles. The molecular formula is C33H34O4. The quantitative estimate of drug-likeness (QED) is 0.339. The number of hydrogen-bond acceptors (Lipinski definition) is 4. The van der Waals surface area contributed by atoms with Gasteiger partial charge >= 0.3 is 5.97 Å². The fourth-order valence-electron chi connectivity index (χ4n) is 5.84. The smallest absolute Gasteiger partial charge is 0.343 e. The summed E-state index contributed by atoms with van der Waals surface area (Å²) in [6.45, 7) is 2.33. The molecule has 1 heterocycles. The third-order valence-corrected chi connectivity index (χ3v) is 7.68. The number of carbonyl (C=O) groups excluding carboxylic acids is 1. The zero-order valence-corrected chi connectivity index (χ0v) is 21.4.